The van der Waals surface area contributed by atoms with Gasteiger partial charge in [-0.1, -0.05) is 6.92 Å². The van der Waals surface area contributed by atoms with Crippen molar-refractivity contribution in [2.45, 2.75) is 19.9 Å². The first-order valence-electron chi connectivity index (χ1n) is 6.09. The molecular formula is C13H17BrN4. The first-order chi connectivity index (χ1) is 8.78. The minimum Gasteiger partial charge on any atom is -0.331 e. The fourth-order valence-electron chi connectivity index (χ4n) is 1.70. The van der Waals surface area contributed by atoms with E-state index >= 15 is 0 Å². The fraction of sp³-hybridized carbons (Fsp3) is 0.385. The predicted octanol–water partition coefficient (Wildman–Crippen LogP) is 2.24. The highest BCUT2D eigenvalue weighted by Crippen LogP contribution is 2.08. The average Bonchev–Trinajstić information content (AvgIpc) is 2.80. The highest BCUT2D eigenvalue weighted by Gasteiger charge is 2.00. The van der Waals surface area contributed by atoms with E-state index in [4.69, 9.17) is 0 Å². The molecule has 0 aliphatic rings. The third kappa shape index (κ3) is 3.92. The van der Waals surface area contributed by atoms with Gasteiger partial charge in [0.2, 0.25) is 0 Å². The van der Waals surface area contributed by atoms with E-state index in [0.29, 0.717) is 0 Å². The molecule has 0 radical (unpaired) electrons. The van der Waals surface area contributed by atoms with E-state index in [2.05, 4.69) is 48.9 Å². The number of imidazole rings is 1. The van der Waals surface area contributed by atoms with Crippen LogP contribution in [0.3, 0.4) is 0 Å². The van der Waals surface area contributed by atoms with Crippen LogP contribution in [0.2, 0.25) is 0 Å². The zero-order valence-corrected chi connectivity index (χ0v) is 12.0. The standard InChI is InChI=1S/C13H17BrN4/c1-2-15-6-5-13-9-18(10-17-13)8-12-4-3-11(14)7-16-12/h3-4,7,9-10,15H,2,5-6,8H2,1H3. The van der Waals surface area contributed by atoms with Crippen LogP contribution in [0.5, 0.6) is 0 Å². The topological polar surface area (TPSA) is 42.7 Å². The molecule has 18 heavy (non-hydrogen) atoms. The van der Waals surface area contributed by atoms with Crippen LogP contribution in [-0.2, 0) is 13.0 Å². The number of nitrogens with one attached hydrogen (secondary N) is 1. The lowest BCUT2D eigenvalue weighted by Crippen LogP contribution is -2.16. The molecule has 0 aromatic carbocycles. The van der Waals surface area contributed by atoms with Crippen LogP contribution in [0.4, 0.5) is 0 Å². The van der Waals surface area contributed by atoms with Crippen molar-refractivity contribution in [3.8, 4) is 0 Å². The van der Waals surface area contributed by atoms with E-state index in [0.717, 1.165) is 41.9 Å². The summed E-state index contributed by atoms with van der Waals surface area (Å²) in [6.07, 6.45) is 6.74. The third-order valence-corrected chi connectivity index (χ3v) is 3.10. The summed E-state index contributed by atoms with van der Waals surface area (Å²) in [6, 6.07) is 4.02. The van der Waals surface area contributed by atoms with E-state index in [1.54, 1.807) is 0 Å². The third-order valence-electron chi connectivity index (χ3n) is 2.63. The van der Waals surface area contributed by atoms with Crippen LogP contribution in [0, 0.1) is 0 Å². The predicted molar refractivity (Wildman–Crippen MR) is 75.5 cm³/mol. The highest BCUT2D eigenvalue weighted by molar-refractivity contribution is 9.10. The maximum atomic E-state index is 4.39. The fourth-order valence-corrected chi connectivity index (χ4v) is 1.94. The number of rotatable bonds is 6. The van der Waals surface area contributed by atoms with Gasteiger partial charge in [-0.3, -0.25) is 4.98 Å². The lowest BCUT2D eigenvalue weighted by atomic mass is 10.3. The summed E-state index contributed by atoms with van der Waals surface area (Å²) in [4.78, 5) is 8.74. The van der Waals surface area contributed by atoms with Gasteiger partial charge in [0.1, 0.15) is 0 Å². The Bertz CT molecular complexity index is 478. The number of halogens is 1. The summed E-state index contributed by atoms with van der Waals surface area (Å²) < 4.78 is 3.07. The zero-order chi connectivity index (χ0) is 12.8. The Morgan fingerprint density at radius 3 is 2.89 bits per heavy atom. The second-order valence-corrected chi connectivity index (χ2v) is 5.02. The van der Waals surface area contributed by atoms with E-state index in [1.165, 1.54) is 0 Å². The molecule has 96 valence electrons. The maximum Gasteiger partial charge on any atom is 0.0953 e. The Morgan fingerprint density at radius 2 is 2.17 bits per heavy atom. The molecule has 0 fully saturated rings. The van der Waals surface area contributed by atoms with Crippen LogP contribution < -0.4 is 5.32 Å². The SMILES string of the molecule is CCNCCc1cn(Cc2ccc(Br)cn2)cn1. The Hall–Kier alpha value is -1.20. The largest absolute Gasteiger partial charge is 0.331 e. The number of nitrogens with zero attached hydrogens (tertiary/aromatic N) is 3. The summed E-state index contributed by atoms with van der Waals surface area (Å²) in [5, 5.41) is 3.30. The van der Waals surface area contributed by atoms with E-state index in [9.17, 15) is 0 Å². The first kappa shape index (κ1) is 13.2. The van der Waals surface area contributed by atoms with Crippen molar-refractivity contribution in [3.63, 3.8) is 0 Å². The second-order valence-electron chi connectivity index (χ2n) is 4.11. The van der Waals surface area contributed by atoms with Crippen molar-refractivity contribution in [3.05, 3.63) is 46.7 Å². The van der Waals surface area contributed by atoms with Crippen molar-refractivity contribution in [1.29, 1.82) is 0 Å². The molecule has 0 amide bonds. The maximum absolute atomic E-state index is 4.39. The smallest absolute Gasteiger partial charge is 0.0953 e. The van der Waals surface area contributed by atoms with Gasteiger partial charge in [-0.25, -0.2) is 4.98 Å². The molecule has 0 spiro atoms. The number of likely N-dealkylation sites (N-methyl/N-ethyl adjacent to an activating group) is 1. The molecule has 2 aromatic heterocycles. The highest BCUT2D eigenvalue weighted by atomic mass is 79.9. The normalized spacial score (nSPS) is 10.8. The van der Waals surface area contributed by atoms with Crippen LogP contribution >= 0.6 is 15.9 Å². The molecule has 4 nitrogen and oxygen atoms in total. The summed E-state index contributed by atoms with van der Waals surface area (Å²) in [6.45, 7) is 4.85. The molecule has 2 heterocycles. The van der Waals surface area contributed by atoms with Crippen molar-refractivity contribution >= 4 is 15.9 Å². The monoisotopic (exact) mass is 308 g/mol. The van der Waals surface area contributed by atoms with Crippen LogP contribution in [-0.4, -0.2) is 27.6 Å². The molecule has 0 aliphatic heterocycles. The summed E-state index contributed by atoms with van der Waals surface area (Å²) in [5.74, 6) is 0. The van der Waals surface area contributed by atoms with Crippen molar-refractivity contribution in [1.82, 2.24) is 19.9 Å². The van der Waals surface area contributed by atoms with E-state index in [-0.39, 0.29) is 0 Å². The van der Waals surface area contributed by atoms with Gasteiger partial charge in [0.05, 0.1) is 24.3 Å². The molecule has 0 unspecified atom stereocenters. The Labute approximate surface area is 116 Å². The van der Waals surface area contributed by atoms with E-state index in [1.807, 2.05) is 24.7 Å². The number of hydrogen-bond donors (Lipinski definition) is 1. The van der Waals surface area contributed by atoms with Gasteiger partial charge < -0.3 is 9.88 Å². The minimum atomic E-state index is 0.765. The van der Waals surface area contributed by atoms with Gasteiger partial charge >= 0.3 is 0 Å². The van der Waals surface area contributed by atoms with E-state index < -0.39 is 0 Å². The molecule has 5 heteroatoms. The van der Waals surface area contributed by atoms with Gasteiger partial charge in [-0.05, 0) is 34.6 Å². The quantitative estimate of drug-likeness (QED) is 0.832. The van der Waals surface area contributed by atoms with Crippen LogP contribution in [0.1, 0.15) is 18.3 Å². The molecule has 0 saturated heterocycles. The molecule has 0 saturated carbocycles. The lowest BCUT2D eigenvalue weighted by Gasteiger charge is -2.01. The average molecular weight is 309 g/mol. The van der Waals surface area contributed by atoms with Crippen molar-refractivity contribution in [2.24, 2.45) is 0 Å². The number of hydrogen-bond acceptors (Lipinski definition) is 3. The zero-order valence-electron chi connectivity index (χ0n) is 10.4. The van der Waals surface area contributed by atoms with Crippen molar-refractivity contribution < 1.29 is 0 Å². The summed E-state index contributed by atoms with van der Waals surface area (Å²) in [7, 11) is 0. The first-order valence-corrected chi connectivity index (χ1v) is 6.89. The molecule has 0 atom stereocenters. The summed E-state index contributed by atoms with van der Waals surface area (Å²) in [5.41, 5.74) is 2.15. The molecule has 2 rings (SSSR count). The number of pyridine rings is 1. The van der Waals surface area contributed by atoms with Gasteiger partial charge in [-0.2, -0.15) is 0 Å². The van der Waals surface area contributed by atoms with Crippen LogP contribution in [0.15, 0.2) is 35.3 Å². The Kier molecular flexibility index (Phi) is 4.90. The molecule has 2 aromatic rings. The van der Waals surface area contributed by atoms with Gasteiger partial charge in [0.15, 0.2) is 0 Å². The molecule has 0 aliphatic carbocycles. The molecule has 1 N–H and O–H groups in total. The van der Waals surface area contributed by atoms with Crippen molar-refractivity contribution in [2.75, 3.05) is 13.1 Å². The van der Waals surface area contributed by atoms with Crippen LogP contribution in [0.25, 0.3) is 0 Å². The van der Waals surface area contributed by atoms with Gasteiger partial charge in [0, 0.05) is 29.8 Å². The lowest BCUT2D eigenvalue weighted by molar-refractivity contribution is 0.708. The Morgan fingerprint density at radius 1 is 1.28 bits per heavy atom. The Balaban J connectivity index is 1.91. The minimum absolute atomic E-state index is 0.765. The summed E-state index contributed by atoms with van der Waals surface area (Å²) >= 11 is 3.38. The molecular weight excluding hydrogens is 292 g/mol. The van der Waals surface area contributed by atoms with Gasteiger partial charge in [0.25, 0.3) is 0 Å². The number of aromatic nitrogens is 3. The second kappa shape index (κ2) is 6.66. The van der Waals surface area contributed by atoms with Gasteiger partial charge in [-0.15, -0.1) is 0 Å². The molecule has 0 bridgehead atoms.